The number of imidazole rings is 2. The fourth-order valence-corrected chi connectivity index (χ4v) is 5.28. The summed E-state index contributed by atoms with van der Waals surface area (Å²) in [6, 6.07) is 20.3. The maximum atomic E-state index is 13.6. The second kappa shape index (κ2) is 10.3. The first-order valence-corrected chi connectivity index (χ1v) is 13.5. The topological polar surface area (TPSA) is 124 Å². The van der Waals surface area contributed by atoms with Crippen molar-refractivity contribution in [3.8, 4) is 0 Å². The van der Waals surface area contributed by atoms with Gasteiger partial charge in [-0.3, -0.25) is 8.80 Å². The molecule has 1 N–H and O–H groups in total. The minimum atomic E-state index is -1.11. The molecule has 0 fully saturated rings. The van der Waals surface area contributed by atoms with Crippen LogP contribution in [0.15, 0.2) is 85.2 Å². The molecule has 0 aliphatic rings. The van der Waals surface area contributed by atoms with Gasteiger partial charge in [0, 0.05) is 10.8 Å². The Kier molecular flexibility index (Phi) is 6.31. The molecule has 8 aromatic rings. The predicted molar refractivity (Wildman–Crippen MR) is 159 cm³/mol. The average Bonchev–Trinajstić information content (AvgIpc) is 3.60. The minimum absolute atomic E-state index is 0.0195. The van der Waals surface area contributed by atoms with Gasteiger partial charge in [0.2, 0.25) is 0 Å². The maximum absolute atomic E-state index is 13.6. The maximum Gasteiger partial charge on any atom is 0.341 e. The third kappa shape index (κ3) is 4.31. The molecule has 8 rings (SSSR count). The van der Waals surface area contributed by atoms with Gasteiger partial charge in [-0.1, -0.05) is 24.3 Å². The molecule has 0 atom stereocenters. The highest BCUT2D eigenvalue weighted by molar-refractivity contribution is 6.03. The van der Waals surface area contributed by atoms with Crippen molar-refractivity contribution in [2.45, 2.75) is 6.92 Å². The number of esters is 1. The Morgan fingerprint density at radius 3 is 1.70 bits per heavy atom. The predicted octanol–water partition coefficient (Wildman–Crippen LogP) is 6.22. The van der Waals surface area contributed by atoms with Gasteiger partial charge in [-0.15, -0.1) is 0 Å². The van der Waals surface area contributed by atoms with Crippen molar-refractivity contribution in [1.82, 2.24) is 28.7 Å². The van der Waals surface area contributed by atoms with Crippen molar-refractivity contribution in [3.05, 3.63) is 108 Å². The number of halogens is 2. The van der Waals surface area contributed by atoms with Crippen LogP contribution in [0.2, 0.25) is 0 Å². The highest BCUT2D eigenvalue weighted by atomic mass is 19.1. The van der Waals surface area contributed by atoms with Crippen LogP contribution in [0.3, 0.4) is 0 Å². The zero-order valence-electron chi connectivity index (χ0n) is 22.9. The number of benzene rings is 2. The fourth-order valence-electron chi connectivity index (χ4n) is 5.28. The second-order valence-corrected chi connectivity index (χ2v) is 9.79. The van der Waals surface area contributed by atoms with Crippen LogP contribution in [-0.4, -0.2) is 52.4 Å². The average molecular weight is 591 g/mol. The molecule has 44 heavy (non-hydrogen) atoms. The van der Waals surface area contributed by atoms with Crippen LogP contribution in [-0.2, 0) is 4.74 Å². The first-order chi connectivity index (χ1) is 21.3. The largest absolute Gasteiger partial charge is 0.478 e. The Morgan fingerprint density at radius 1 is 0.727 bits per heavy atom. The van der Waals surface area contributed by atoms with Crippen LogP contribution in [0.1, 0.15) is 27.6 Å². The van der Waals surface area contributed by atoms with Crippen LogP contribution >= 0.6 is 0 Å². The molecule has 0 radical (unpaired) electrons. The van der Waals surface area contributed by atoms with Crippen molar-refractivity contribution in [2.75, 3.05) is 6.61 Å². The van der Waals surface area contributed by atoms with Gasteiger partial charge in [-0.25, -0.2) is 38.3 Å². The summed E-state index contributed by atoms with van der Waals surface area (Å²) < 4.78 is 35.4. The molecule has 6 aromatic heterocycles. The Bertz CT molecular complexity index is 2450. The highest BCUT2D eigenvalue weighted by Gasteiger charge is 2.20. The van der Waals surface area contributed by atoms with E-state index in [-0.39, 0.29) is 12.2 Å². The van der Waals surface area contributed by atoms with Crippen molar-refractivity contribution >= 4 is 67.4 Å². The SMILES string of the molecule is CCOC(=O)c1cc2cc(F)cnc2n2c1nc1ccccc12.O=C(O)c1cc2cc(F)cnc2n2c1nc1ccccc12. The molecule has 2 aromatic carbocycles. The number of hydrogen-bond acceptors (Lipinski definition) is 7. The molecule has 12 heteroatoms. The van der Waals surface area contributed by atoms with Gasteiger partial charge in [0.25, 0.3) is 0 Å². The molecular weight excluding hydrogens is 570 g/mol. The smallest absolute Gasteiger partial charge is 0.341 e. The Labute approximate surface area is 245 Å². The molecule has 0 unspecified atom stereocenters. The van der Waals surface area contributed by atoms with Crippen LogP contribution in [0.25, 0.3) is 55.4 Å². The molecule has 0 saturated heterocycles. The number of ether oxygens (including phenoxy) is 1. The number of carbonyl (C=O) groups is 2. The summed E-state index contributed by atoms with van der Waals surface area (Å²) in [5.74, 6) is -2.57. The first kappa shape index (κ1) is 26.8. The summed E-state index contributed by atoms with van der Waals surface area (Å²) in [5, 5.41) is 10.3. The van der Waals surface area contributed by atoms with Gasteiger partial charge in [-0.2, -0.15) is 0 Å². The Balaban J connectivity index is 0.000000143. The number of carboxylic acids is 1. The summed E-state index contributed by atoms with van der Waals surface area (Å²) in [7, 11) is 0. The van der Waals surface area contributed by atoms with E-state index >= 15 is 0 Å². The molecule has 6 heterocycles. The van der Waals surface area contributed by atoms with E-state index in [4.69, 9.17) is 4.74 Å². The minimum Gasteiger partial charge on any atom is -0.478 e. The molecular formula is C32H20F2N6O4. The number of carboxylic acid groups (broad SMARTS) is 1. The normalized spacial score (nSPS) is 11.4. The van der Waals surface area contributed by atoms with Gasteiger partial charge in [0.1, 0.15) is 34.1 Å². The van der Waals surface area contributed by atoms with E-state index in [1.165, 1.54) is 18.2 Å². The third-order valence-electron chi connectivity index (χ3n) is 7.08. The van der Waals surface area contributed by atoms with Gasteiger partial charge in [-0.05, 0) is 55.5 Å². The number of carbonyl (C=O) groups excluding carboxylic acids is 1. The summed E-state index contributed by atoms with van der Waals surface area (Å²) in [6.07, 6.45) is 2.26. The van der Waals surface area contributed by atoms with Crippen molar-refractivity contribution in [3.63, 3.8) is 0 Å². The van der Waals surface area contributed by atoms with E-state index in [1.807, 2.05) is 42.5 Å². The van der Waals surface area contributed by atoms with E-state index < -0.39 is 23.6 Å². The van der Waals surface area contributed by atoms with Crippen molar-refractivity contribution < 1.29 is 28.2 Å². The number of aromatic carboxylic acids is 1. The molecule has 10 nitrogen and oxygen atoms in total. The molecule has 0 spiro atoms. The number of fused-ring (bicyclic) bond motifs is 10. The zero-order chi connectivity index (χ0) is 30.5. The summed E-state index contributed by atoms with van der Waals surface area (Å²) in [4.78, 5) is 40.9. The van der Waals surface area contributed by atoms with Crippen molar-refractivity contribution in [1.29, 1.82) is 0 Å². The zero-order valence-corrected chi connectivity index (χ0v) is 22.9. The molecule has 0 amide bonds. The molecule has 216 valence electrons. The molecule has 0 aliphatic heterocycles. The van der Waals surface area contributed by atoms with Gasteiger partial charge in [0.05, 0.1) is 41.1 Å². The standard InChI is InChI=1S/C17H12FN3O2.C15H8FN3O2/c1-2-23-17(22)12-8-10-7-11(18)9-19-15(10)21-14-6-4-3-5-13(14)20-16(12)21;16-9-5-8-6-10(15(20)21)14-18-11-3-1-2-4-12(11)19(14)13(8)17-7-9/h3-9H,2H2,1H3;1-7H,(H,20,21). The lowest BCUT2D eigenvalue weighted by atomic mass is 10.2. The van der Waals surface area contributed by atoms with E-state index in [2.05, 4.69) is 19.9 Å². The lowest BCUT2D eigenvalue weighted by molar-refractivity contribution is 0.0527. The van der Waals surface area contributed by atoms with Gasteiger partial charge < -0.3 is 9.84 Å². The lowest BCUT2D eigenvalue weighted by Crippen LogP contribution is -2.08. The lowest BCUT2D eigenvalue weighted by Gasteiger charge is -2.07. The van der Waals surface area contributed by atoms with Gasteiger partial charge >= 0.3 is 11.9 Å². The van der Waals surface area contributed by atoms with E-state index in [9.17, 15) is 23.5 Å². The Morgan fingerprint density at radius 2 is 1.20 bits per heavy atom. The van der Waals surface area contributed by atoms with E-state index in [1.54, 1.807) is 27.9 Å². The van der Waals surface area contributed by atoms with Gasteiger partial charge in [0.15, 0.2) is 11.3 Å². The fraction of sp³-hybridized carbons (Fsp3) is 0.0625. The summed E-state index contributed by atoms with van der Waals surface area (Å²) in [6.45, 7) is 1.99. The summed E-state index contributed by atoms with van der Waals surface area (Å²) in [5.41, 5.74) is 5.03. The van der Waals surface area contributed by atoms with Crippen molar-refractivity contribution in [2.24, 2.45) is 0 Å². The number of nitrogens with zero attached hydrogens (tertiary/aromatic N) is 6. The van der Waals surface area contributed by atoms with E-state index in [0.717, 1.165) is 28.9 Å². The Hall–Kier alpha value is -6.04. The van der Waals surface area contributed by atoms with Crippen LogP contribution in [0, 0.1) is 11.6 Å². The molecule has 0 saturated carbocycles. The third-order valence-corrected chi connectivity index (χ3v) is 7.08. The van der Waals surface area contributed by atoms with Crippen LogP contribution in [0.5, 0.6) is 0 Å². The van der Waals surface area contributed by atoms with E-state index in [0.29, 0.717) is 44.4 Å². The number of aromatic nitrogens is 6. The van der Waals surface area contributed by atoms with Crippen LogP contribution < -0.4 is 0 Å². The number of pyridine rings is 4. The monoisotopic (exact) mass is 590 g/mol. The first-order valence-electron chi connectivity index (χ1n) is 13.5. The number of rotatable bonds is 3. The summed E-state index contributed by atoms with van der Waals surface area (Å²) >= 11 is 0. The molecule has 0 aliphatic carbocycles. The highest BCUT2D eigenvalue weighted by Crippen LogP contribution is 2.27. The molecule has 0 bridgehead atoms. The quantitative estimate of drug-likeness (QED) is 0.241. The second-order valence-electron chi connectivity index (χ2n) is 9.79. The number of hydrogen-bond donors (Lipinski definition) is 1. The number of para-hydroxylation sites is 4. The van der Waals surface area contributed by atoms with Crippen LogP contribution in [0.4, 0.5) is 8.78 Å².